The van der Waals surface area contributed by atoms with Crippen molar-refractivity contribution in [2.75, 3.05) is 64.1 Å². The van der Waals surface area contributed by atoms with Gasteiger partial charge in [0.1, 0.15) is 0 Å². The smallest absolute Gasteiger partial charge is 0.305 e. The molecule has 61 heavy (non-hydrogen) atoms. The Bertz CT molecular complexity index is 892. The lowest BCUT2D eigenvalue weighted by atomic mass is 9.95. The first-order chi connectivity index (χ1) is 30.0. The number of rotatable bonds is 46. The van der Waals surface area contributed by atoms with Crippen molar-refractivity contribution in [1.29, 1.82) is 0 Å². The average Bonchev–Trinajstić information content (AvgIpc) is 3.27. The second-order valence-corrected chi connectivity index (χ2v) is 20.2. The zero-order valence-electron chi connectivity index (χ0n) is 41.2. The number of unbranched alkanes of at least 4 members (excludes halogenated alkanes) is 20. The Morgan fingerprint density at radius 2 is 0.869 bits per heavy atom. The molecule has 1 rings (SSSR count). The molecule has 0 aromatic carbocycles. The maximum Gasteiger partial charge on any atom is 0.305 e. The van der Waals surface area contributed by atoms with E-state index in [1.54, 1.807) is 0 Å². The van der Waals surface area contributed by atoms with Gasteiger partial charge in [0.05, 0.1) is 19.8 Å². The van der Waals surface area contributed by atoms with Crippen molar-refractivity contribution < 1.29 is 24.2 Å². The molecule has 0 bridgehead atoms. The Hall–Kier alpha value is -0.830. The largest absolute Gasteiger partial charge is 0.465 e. The van der Waals surface area contributed by atoms with E-state index >= 15 is 0 Å². The van der Waals surface area contributed by atoms with Crippen LogP contribution in [0.4, 0.5) is 0 Å². The molecule has 2 atom stereocenters. The van der Waals surface area contributed by atoms with Gasteiger partial charge in [0.25, 0.3) is 0 Å². The van der Waals surface area contributed by atoms with Gasteiger partial charge in [0.2, 0.25) is 0 Å². The molecule has 8 heteroatoms. The Kier molecular flexibility index (Phi) is 42.3. The average molecular weight is 881 g/mol. The van der Waals surface area contributed by atoms with Gasteiger partial charge in [-0.25, -0.2) is 0 Å². The zero-order chi connectivity index (χ0) is 44.3. The first kappa shape index (κ1) is 58.2. The van der Waals surface area contributed by atoms with E-state index in [9.17, 15) is 14.7 Å². The van der Waals surface area contributed by atoms with Crippen LogP contribution >= 0.6 is 11.8 Å². The summed E-state index contributed by atoms with van der Waals surface area (Å²) in [6, 6.07) is 0.579. The summed E-state index contributed by atoms with van der Waals surface area (Å²) >= 11 is 2.06. The van der Waals surface area contributed by atoms with Crippen LogP contribution in [0.5, 0.6) is 0 Å². The molecule has 2 unspecified atom stereocenters. The fraction of sp³-hybridized carbons (Fsp3) is 0.962. The third-order valence-corrected chi connectivity index (χ3v) is 14.4. The fourth-order valence-electron chi connectivity index (χ4n) is 9.16. The van der Waals surface area contributed by atoms with Crippen molar-refractivity contribution in [2.24, 2.45) is 11.8 Å². The van der Waals surface area contributed by atoms with Gasteiger partial charge in [0, 0.05) is 38.5 Å². The van der Waals surface area contributed by atoms with Crippen LogP contribution in [0.3, 0.4) is 0 Å². The minimum atomic E-state index is -0.0116. The standard InChI is InChI=1S/C53H104N2O5S/c1-5-9-13-17-19-25-33-49(31-23-15-11-7-3)47-59-52(57)35-27-21-29-39-54(41-42-55(43-44-56)51-37-45-61-46-38-51)40-30-22-28-36-53(58)60-48-50(32-24-16-12-8-4)34-26-20-18-14-10-6-2/h49-51,56H,5-48H2,1-4H3. The summed E-state index contributed by atoms with van der Waals surface area (Å²) in [6.45, 7) is 15.3. The van der Waals surface area contributed by atoms with Gasteiger partial charge in [0.15, 0.2) is 0 Å². The first-order valence-electron chi connectivity index (χ1n) is 26.9. The molecule has 0 saturated carbocycles. The molecule has 1 fully saturated rings. The number of hydrogen-bond donors (Lipinski definition) is 1. The van der Waals surface area contributed by atoms with Gasteiger partial charge >= 0.3 is 11.9 Å². The van der Waals surface area contributed by atoms with Crippen LogP contribution in [-0.2, 0) is 19.1 Å². The molecule has 1 saturated heterocycles. The van der Waals surface area contributed by atoms with Crippen molar-refractivity contribution >= 4 is 23.7 Å². The molecule has 0 aliphatic carbocycles. The maximum atomic E-state index is 12.8. The molecule has 7 nitrogen and oxygen atoms in total. The van der Waals surface area contributed by atoms with Crippen molar-refractivity contribution in [3.63, 3.8) is 0 Å². The zero-order valence-corrected chi connectivity index (χ0v) is 42.0. The molecule has 1 aliphatic heterocycles. The van der Waals surface area contributed by atoms with Crippen LogP contribution in [0.1, 0.15) is 246 Å². The summed E-state index contributed by atoms with van der Waals surface area (Å²) in [5.74, 6) is 3.45. The molecule has 1 aliphatic rings. The number of aliphatic hydroxyl groups is 1. The molecular formula is C53H104N2O5S. The number of carbonyl (C=O) groups is 2. The summed E-state index contributed by atoms with van der Waals surface area (Å²) in [4.78, 5) is 30.8. The number of hydrogen-bond acceptors (Lipinski definition) is 8. The van der Waals surface area contributed by atoms with E-state index in [2.05, 4.69) is 49.3 Å². The van der Waals surface area contributed by atoms with Crippen LogP contribution in [0.15, 0.2) is 0 Å². The van der Waals surface area contributed by atoms with Crippen molar-refractivity contribution in [2.45, 2.75) is 252 Å². The molecular weight excluding hydrogens is 777 g/mol. The molecule has 0 spiro atoms. The summed E-state index contributed by atoms with van der Waals surface area (Å²) in [5, 5.41) is 9.89. The van der Waals surface area contributed by atoms with Gasteiger partial charge in [-0.2, -0.15) is 11.8 Å². The molecule has 362 valence electrons. The third-order valence-electron chi connectivity index (χ3n) is 13.3. The Balaban J connectivity index is 2.54. The van der Waals surface area contributed by atoms with E-state index in [1.807, 2.05) is 0 Å². The number of esters is 2. The second-order valence-electron chi connectivity index (χ2n) is 19.0. The number of aliphatic hydroxyl groups excluding tert-OH is 1. The van der Waals surface area contributed by atoms with Crippen LogP contribution in [0.25, 0.3) is 0 Å². The normalized spacial score (nSPS) is 14.5. The Morgan fingerprint density at radius 3 is 1.28 bits per heavy atom. The monoisotopic (exact) mass is 881 g/mol. The highest BCUT2D eigenvalue weighted by molar-refractivity contribution is 7.99. The van der Waals surface area contributed by atoms with Gasteiger partial charge in [-0.15, -0.1) is 0 Å². The lowest BCUT2D eigenvalue weighted by Gasteiger charge is -2.35. The topological polar surface area (TPSA) is 79.3 Å². The molecule has 0 amide bonds. The van der Waals surface area contributed by atoms with Gasteiger partial charge in [-0.3, -0.25) is 14.5 Å². The van der Waals surface area contributed by atoms with E-state index in [-0.39, 0.29) is 18.5 Å². The maximum absolute atomic E-state index is 12.8. The van der Waals surface area contributed by atoms with Crippen molar-refractivity contribution in [1.82, 2.24) is 9.80 Å². The van der Waals surface area contributed by atoms with E-state index in [0.29, 0.717) is 43.9 Å². The Labute approximate surface area is 384 Å². The minimum Gasteiger partial charge on any atom is -0.465 e. The van der Waals surface area contributed by atoms with Gasteiger partial charge < -0.3 is 19.5 Å². The van der Waals surface area contributed by atoms with E-state index in [4.69, 9.17) is 9.47 Å². The minimum absolute atomic E-state index is 0.0116. The SMILES string of the molecule is CCCCCCCCC(CCCCCC)COC(=O)CCCCCN(CCCCCC(=O)OCC(CCCCCC)CCCCCCCC)CCN(CCO)C1CCSCC1. The summed E-state index contributed by atoms with van der Waals surface area (Å²) in [5.41, 5.74) is 0. The predicted molar refractivity (Wildman–Crippen MR) is 265 cm³/mol. The predicted octanol–water partition coefficient (Wildman–Crippen LogP) is 14.4. The Morgan fingerprint density at radius 1 is 0.492 bits per heavy atom. The van der Waals surface area contributed by atoms with Gasteiger partial charge in [-0.1, -0.05) is 169 Å². The van der Waals surface area contributed by atoms with E-state index in [0.717, 1.165) is 71.2 Å². The molecule has 1 heterocycles. The lowest BCUT2D eigenvalue weighted by Crippen LogP contribution is -2.44. The summed E-state index contributed by atoms with van der Waals surface area (Å²) in [6.07, 6.45) is 40.3. The van der Waals surface area contributed by atoms with Crippen LogP contribution in [0.2, 0.25) is 0 Å². The van der Waals surface area contributed by atoms with Crippen LogP contribution < -0.4 is 0 Å². The highest BCUT2D eigenvalue weighted by atomic mass is 32.2. The van der Waals surface area contributed by atoms with Crippen molar-refractivity contribution in [3.05, 3.63) is 0 Å². The second kappa shape index (κ2) is 44.4. The number of thioether (sulfide) groups is 1. The van der Waals surface area contributed by atoms with Gasteiger partial charge in [-0.05, 0) is 101 Å². The van der Waals surface area contributed by atoms with Crippen LogP contribution in [-0.4, -0.2) is 96.9 Å². The molecule has 0 aromatic heterocycles. The number of ether oxygens (including phenoxy) is 2. The summed E-state index contributed by atoms with van der Waals surface area (Å²) in [7, 11) is 0. The first-order valence-corrected chi connectivity index (χ1v) is 28.1. The fourth-order valence-corrected chi connectivity index (χ4v) is 10.2. The summed E-state index contributed by atoms with van der Waals surface area (Å²) < 4.78 is 11.8. The third kappa shape index (κ3) is 36.1. The highest BCUT2D eigenvalue weighted by Gasteiger charge is 2.22. The van der Waals surface area contributed by atoms with E-state index < -0.39 is 0 Å². The van der Waals surface area contributed by atoms with Crippen molar-refractivity contribution in [3.8, 4) is 0 Å². The lowest BCUT2D eigenvalue weighted by molar-refractivity contribution is -0.146. The highest BCUT2D eigenvalue weighted by Crippen LogP contribution is 2.23. The molecule has 0 radical (unpaired) electrons. The quantitative estimate of drug-likeness (QED) is 0.0478. The number of nitrogens with zero attached hydrogens (tertiary/aromatic N) is 2. The number of carbonyl (C=O) groups excluding carboxylic acids is 2. The molecule has 1 N–H and O–H groups in total. The van der Waals surface area contributed by atoms with E-state index in [1.165, 1.54) is 178 Å². The van der Waals surface area contributed by atoms with Crippen LogP contribution in [0, 0.1) is 11.8 Å². The molecule has 0 aromatic rings.